The van der Waals surface area contributed by atoms with Gasteiger partial charge < -0.3 is 4.90 Å². The van der Waals surface area contributed by atoms with Crippen molar-refractivity contribution in [3.63, 3.8) is 0 Å². The highest BCUT2D eigenvalue weighted by Gasteiger charge is 2.33. The van der Waals surface area contributed by atoms with Gasteiger partial charge in [0.25, 0.3) is 5.91 Å². The number of hydrogen-bond donors (Lipinski definition) is 0. The van der Waals surface area contributed by atoms with Crippen molar-refractivity contribution in [1.29, 1.82) is 0 Å². The van der Waals surface area contributed by atoms with E-state index in [4.69, 9.17) is 0 Å². The van der Waals surface area contributed by atoms with Crippen molar-refractivity contribution in [3.05, 3.63) is 40.6 Å². The van der Waals surface area contributed by atoms with Crippen LogP contribution < -0.4 is 0 Å². The van der Waals surface area contributed by atoms with Crippen LogP contribution >= 0.6 is 11.3 Å². The second-order valence-corrected chi connectivity index (χ2v) is 6.41. The zero-order valence-electron chi connectivity index (χ0n) is 13.1. The van der Waals surface area contributed by atoms with Gasteiger partial charge in [0.2, 0.25) is 0 Å². The maximum Gasteiger partial charge on any atom is 0.415 e. The standard InChI is InChI=1S/C16H20F3NOS/c1-10(2)20(11(3)4)15(21)13(14-7-6-8-22-14)9-12(5)16(17,18)19/h6-11H,5H2,1-4H3/b13-9+. The molecule has 0 bridgehead atoms. The highest BCUT2D eigenvalue weighted by molar-refractivity contribution is 7.11. The van der Waals surface area contributed by atoms with Crippen LogP contribution in [0.3, 0.4) is 0 Å². The summed E-state index contributed by atoms with van der Waals surface area (Å²) >= 11 is 1.23. The Bertz CT molecular complexity index is 548. The molecule has 1 aromatic rings. The van der Waals surface area contributed by atoms with Crippen molar-refractivity contribution >= 4 is 22.8 Å². The quantitative estimate of drug-likeness (QED) is 0.555. The molecule has 6 heteroatoms. The smallest absolute Gasteiger partial charge is 0.334 e. The van der Waals surface area contributed by atoms with E-state index in [9.17, 15) is 18.0 Å². The SMILES string of the molecule is C=C(/C=C(/C(=O)N(C(C)C)C(C)C)c1cccs1)C(F)(F)F. The Hall–Kier alpha value is -1.56. The predicted molar refractivity (Wildman–Crippen MR) is 84.6 cm³/mol. The predicted octanol–water partition coefficient (Wildman–Crippen LogP) is 4.90. The lowest BCUT2D eigenvalue weighted by atomic mass is 10.1. The monoisotopic (exact) mass is 331 g/mol. The fourth-order valence-corrected chi connectivity index (χ4v) is 2.86. The van der Waals surface area contributed by atoms with E-state index >= 15 is 0 Å². The van der Waals surface area contributed by atoms with E-state index in [1.165, 1.54) is 11.3 Å². The number of amides is 1. The first kappa shape index (κ1) is 18.5. The summed E-state index contributed by atoms with van der Waals surface area (Å²) in [6.07, 6.45) is -3.71. The molecule has 0 atom stereocenters. The third-order valence-electron chi connectivity index (χ3n) is 3.05. The summed E-state index contributed by atoms with van der Waals surface area (Å²) in [6.45, 7) is 10.4. The van der Waals surface area contributed by atoms with E-state index in [2.05, 4.69) is 6.58 Å². The Kier molecular flexibility index (Phi) is 6.00. The van der Waals surface area contributed by atoms with Crippen molar-refractivity contribution in [3.8, 4) is 0 Å². The molecule has 0 aromatic carbocycles. The first-order valence-electron chi connectivity index (χ1n) is 6.90. The largest absolute Gasteiger partial charge is 0.415 e. The van der Waals surface area contributed by atoms with Crippen molar-refractivity contribution in [1.82, 2.24) is 4.90 Å². The maximum atomic E-state index is 12.8. The molecular formula is C16H20F3NOS. The number of thiophene rings is 1. The number of carbonyl (C=O) groups is 1. The first-order valence-corrected chi connectivity index (χ1v) is 7.78. The lowest BCUT2D eigenvalue weighted by Crippen LogP contribution is -2.42. The number of halogens is 3. The van der Waals surface area contributed by atoms with Crippen LogP contribution in [0.25, 0.3) is 5.57 Å². The van der Waals surface area contributed by atoms with E-state index in [-0.39, 0.29) is 17.7 Å². The van der Waals surface area contributed by atoms with Crippen molar-refractivity contribution in [2.45, 2.75) is 46.0 Å². The Labute approximate surface area is 132 Å². The third-order valence-corrected chi connectivity index (χ3v) is 3.95. The lowest BCUT2D eigenvalue weighted by Gasteiger charge is -2.31. The summed E-state index contributed by atoms with van der Waals surface area (Å²) in [5, 5.41) is 1.72. The van der Waals surface area contributed by atoms with Crippen molar-refractivity contribution in [2.24, 2.45) is 0 Å². The fraction of sp³-hybridized carbons (Fsp3) is 0.438. The first-order chi connectivity index (χ1) is 10.1. The van der Waals surface area contributed by atoms with Crippen LogP contribution in [0, 0.1) is 0 Å². The molecule has 0 N–H and O–H groups in total. The van der Waals surface area contributed by atoms with Gasteiger partial charge in [-0.25, -0.2) is 0 Å². The molecule has 0 spiro atoms. The fourth-order valence-electron chi connectivity index (χ4n) is 2.13. The van der Waals surface area contributed by atoms with E-state index < -0.39 is 17.7 Å². The van der Waals surface area contributed by atoms with Gasteiger partial charge in [-0.1, -0.05) is 12.6 Å². The molecule has 1 heterocycles. The summed E-state index contributed by atoms with van der Waals surface area (Å²) in [5.41, 5.74) is -1.00. The highest BCUT2D eigenvalue weighted by Crippen LogP contribution is 2.31. The molecule has 0 aliphatic carbocycles. The Morgan fingerprint density at radius 1 is 1.27 bits per heavy atom. The number of nitrogens with zero attached hydrogens (tertiary/aromatic N) is 1. The van der Waals surface area contributed by atoms with E-state index in [0.29, 0.717) is 4.88 Å². The number of rotatable bonds is 5. The molecule has 0 radical (unpaired) electrons. The Morgan fingerprint density at radius 3 is 2.18 bits per heavy atom. The highest BCUT2D eigenvalue weighted by atomic mass is 32.1. The minimum atomic E-state index is -4.55. The molecule has 1 amide bonds. The number of allylic oxidation sites excluding steroid dienone is 2. The molecule has 0 unspecified atom stereocenters. The van der Waals surface area contributed by atoms with E-state index in [0.717, 1.165) is 6.08 Å². The zero-order valence-corrected chi connectivity index (χ0v) is 13.9. The average Bonchev–Trinajstić information content (AvgIpc) is 2.86. The van der Waals surface area contributed by atoms with Gasteiger partial charge in [0.15, 0.2) is 0 Å². The molecule has 0 aliphatic heterocycles. The number of carbonyl (C=O) groups excluding carboxylic acids is 1. The molecule has 0 saturated heterocycles. The molecule has 1 rings (SSSR count). The average molecular weight is 331 g/mol. The summed E-state index contributed by atoms with van der Waals surface area (Å²) in [6, 6.07) is 3.11. The minimum Gasteiger partial charge on any atom is -0.334 e. The Morgan fingerprint density at radius 2 is 1.82 bits per heavy atom. The summed E-state index contributed by atoms with van der Waals surface area (Å²) in [4.78, 5) is 14.8. The second-order valence-electron chi connectivity index (χ2n) is 5.46. The lowest BCUT2D eigenvalue weighted by molar-refractivity contribution is -0.128. The van der Waals surface area contributed by atoms with Gasteiger partial charge in [0.05, 0.1) is 5.57 Å². The van der Waals surface area contributed by atoms with Crippen LogP contribution in [0.2, 0.25) is 0 Å². The molecule has 0 saturated carbocycles. The maximum absolute atomic E-state index is 12.8. The van der Waals surface area contributed by atoms with Crippen molar-refractivity contribution in [2.75, 3.05) is 0 Å². The molecule has 0 aliphatic rings. The topological polar surface area (TPSA) is 20.3 Å². The van der Waals surface area contributed by atoms with Gasteiger partial charge in [-0.2, -0.15) is 13.2 Å². The normalized spacial score (nSPS) is 12.9. The van der Waals surface area contributed by atoms with Gasteiger partial charge in [-0.15, -0.1) is 11.3 Å². The van der Waals surface area contributed by atoms with Crippen LogP contribution in [0.15, 0.2) is 35.7 Å². The van der Waals surface area contributed by atoms with Crippen molar-refractivity contribution < 1.29 is 18.0 Å². The van der Waals surface area contributed by atoms with Crippen LogP contribution in [0.5, 0.6) is 0 Å². The van der Waals surface area contributed by atoms with Crippen LogP contribution in [0.1, 0.15) is 32.6 Å². The zero-order chi connectivity index (χ0) is 17.1. The third kappa shape index (κ3) is 4.47. The molecular weight excluding hydrogens is 311 g/mol. The van der Waals surface area contributed by atoms with Gasteiger partial charge >= 0.3 is 6.18 Å². The van der Waals surface area contributed by atoms with Crippen LogP contribution in [-0.2, 0) is 4.79 Å². The summed E-state index contributed by atoms with van der Waals surface area (Å²) < 4.78 is 38.3. The van der Waals surface area contributed by atoms with E-state index in [1.807, 2.05) is 27.7 Å². The molecule has 2 nitrogen and oxygen atoms in total. The van der Waals surface area contributed by atoms with Gasteiger partial charge in [0.1, 0.15) is 0 Å². The van der Waals surface area contributed by atoms with Crippen LogP contribution in [0.4, 0.5) is 13.2 Å². The van der Waals surface area contributed by atoms with E-state index in [1.54, 1.807) is 22.4 Å². The molecule has 0 fully saturated rings. The Balaban J connectivity index is 3.31. The summed E-state index contributed by atoms with van der Waals surface area (Å²) in [7, 11) is 0. The molecule has 122 valence electrons. The van der Waals surface area contributed by atoms with Gasteiger partial charge in [0, 0.05) is 22.5 Å². The minimum absolute atomic E-state index is 0.0275. The second kappa shape index (κ2) is 7.13. The molecule has 1 aromatic heterocycles. The molecule has 22 heavy (non-hydrogen) atoms. The van der Waals surface area contributed by atoms with Crippen LogP contribution in [-0.4, -0.2) is 29.1 Å². The van der Waals surface area contributed by atoms with Gasteiger partial charge in [-0.05, 0) is 45.2 Å². The summed E-state index contributed by atoms with van der Waals surface area (Å²) in [5.74, 6) is -0.419. The number of hydrogen-bond acceptors (Lipinski definition) is 2. The number of alkyl halides is 3. The van der Waals surface area contributed by atoms with Gasteiger partial charge in [-0.3, -0.25) is 4.79 Å².